The van der Waals surface area contributed by atoms with Crippen LogP contribution in [0.1, 0.15) is 43.4 Å². The molecule has 2 heterocycles. The van der Waals surface area contributed by atoms with Gasteiger partial charge in [0.15, 0.2) is 0 Å². The zero-order chi connectivity index (χ0) is 20.2. The van der Waals surface area contributed by atoms with Crippen molar-refractivity contribution < 1.29 is 23.1 Å². The zero-order valence-corrected chi connectivity index (χ0v) is 15.4. The van der Waals surface area contributed by atoms with E-state index in [-0.39, 0.29) is 5.91 Å². The number of nitrogens with zero attached hydrogens (tertiary/aromatic N) is 4. The molecule has 2 fully saturated rings. The number of carbonyl (C=O) groups is 1. The normalized spacial score (nSPS) is 28.3. The van der Waals surface area contributed by atoms with E-state index >= 15 is 0 Å². The van der Waals surface area contributed by atoms with Crippen LogP contribution in [0.4, 0.5) is 18.9 Å². The summed E-state index contributed by atoms with van der Waals surface area (Å²) in [4.78, 5) is 14.7. The Bertz CT molecular complexity index is 883. The molecule has 1 saturated carbocycles. The molecule has 6 nitrogen and oxygen atoms in total. The van der Waals surface area contributed by atoms with Gasteiger partial charge in [-0.05, 0) is 56.4 Å². The van der Waals surface area contributed by atoms with Gasteiger partial charge in [-0.3, -0.25) is 4.79 Å². The lowest BCUT2D eigenvalue weighted by atomic mass is 9.67. The molecule has 2 aromatic rings. The highest BCUT2D eigenvalue weighted by atomic mass is 19.4. The molecule has 1 aromatic carbocycles. The van der Waals surface area contributed by atoms with Crippen molar-refractivity contribution in [3.05, 3.63) is 41.7 Å². The van der Waals surface area contributed by atoms with Gasteiger partial charge in [0.1, 0.15) is 5.60 Å². The first-order chi connectivity index (χ1) is 13.1. The van der Waals surface area contributed by atoms with Crippen molar-refractivity contribution in [3.63, 3.8) is 0 Å². The molecule has 0 atom stereocenters. The Morgan fingerprint density at radius 2 is 1.71 bits per heavy atom. The number of aromatic nitrogens is 3. The maximum Gasteiger partial charge on any atom is 0.416 e. The summed E-state index contributed by atoms with van der Waals surface area (Å²) >= 11 is 0. The number of anilines is 1. The molecular weight excluding hydrogens is 373 g/mol. The summed E-state index contributed by atoms with van der Waals surface area (Å²) in [5, 5.41) is 18.7. The Hall–Kier alpha value is -2.42. The van der Waals surface area contributed by atoms with Crippen molar-refractivity contribution >= 4 is 11.6 Å². The predicted octanol–water partition coefficient (Wildman–Crippen LogP) is 3.02. The molecule has 0 radical (unpaired) electrons. The molecule has 2 aliphatic rings. The third kappa shape index (κ3) is 2.97. The molecule has 1 aromatic heterocycles. The first-order valence-corrected chi connectivity index (χ1v) is 9.21. The molecule has 150 valence electrons. The zero-order valence-electron chi connectivity index (χ0n) is 15.4. The predicted molar refractivity (Wildman–Crippen MR) is 94.2 cm³/mol. The summed E-state index contributed by atoms with van der Waals surface area (Å²) in [6.07, 6.45) is -0.351. The van der Waals surface area contributed by atoms with Crippen LogP contribution in [0.5, 0.6) is 0 Å². The van der Waals surface area contributed by atoms with E-state index in [1.807, 2.05) is 0 Å². The van der Waals surface area contributed by atoms with E-state index in [1.165, 1.54) is 12.1 Å². The fourth-order valence-corrected chi connectivity index (χ4v) is 4.47. The molecule has 4 rings (SSSR count). The van der Waals surface area contributed by atoms with Crippen LogP contribution in [0.3, 0.4) is 0 Å². The topological polar surface area (TPSA) is 71.2 Å². The molecule has 1 amide bonds. The van der Waals surface area contributed by atoms with Crippen LogP contribution in [-0.4, -0.2) is 32.6 Å². The summed E-state index contributed by atoms with van der Waals surface area (Å²) < 4.78 is 39.8. The molecule has 1 N–H and O–H groups in total. The summed E-state index contributed by atoms with van der Waals surface area (Å²) in [6.45, 7) is 0.468. The molecule has 1 spiro atoms. The van der Waals surface area contributed by atoms with Gasteiger partial charge >= 0.3 is 6.18 Å². The van der Waals surface area contributed by atoms with Crippen LogP contribution in [0.15, 0.2) is 30.5 Å². The first kappa shape index (κ1) is 18.9. The molecule has 1 aliphatic carbocycles. The van der Waals surface area contributed by atoms with Crippen LogP contribution in [0.25, 0.3) is 0 Å². The fourth-order valence-electron chi connectivity index (χ4n) is 4.47. The highest BCUT2D eigenvalue weighted by Gasteiger charge is 2.52. The number of carbonyl (C=O) groups excluding carboxylic acids is 1. The van der Waals surface area contributed by atoms with Gasteiger partial charge in [-0.2, -0.15) is 13.2 Å². The Kier molecular flexibility index (Phi) is 4.26. The molecule has 9 heteroatoms. The minimum Gasteiger partial charge on any atom is -0.384 e. The SMILES string of the molecule is Cn1nncc1[C@]1(O)CC[C@]2(CCN(c3ccc(C(F)(F)F)cc3)C2=O)CC1. The molecule has 0 bridgehead atoms. The third-order valence-electron chi connectivity index (χ3n) is 6.24. The Morgan fingerprint density at radius 3 is 2.25 bits per heavy atom. The van der Waals surface area contributed by atoms with E-state index in [1.54, 1.807) is 22.8 Å². The summed E-state index contributed by atoms with van der Waals surface area (Å²) in [5.41, 5.74) is -1.25. The van der Waals surface area contributed by atoms with E-state index in [4.69, 9.17) is 0 Å². The van der Waals surface area contributed by atoms with Crippen LogP contribution in [-0.2, 0) is 23.6 Å². The van der Waals surface area contributed by atoms with Gasteiger partial charge in [0.05, 0.1) is 22.9 Å². The summed E-state index contributed by atoms with van der Waals surface area (Å²) in [7, 11) is 1.72. The number of hydrogen-bond acceptors (Lipinski definition) is 4. The molecular formula is C19H21F3N4O2. The third-order valence-corrected chi connectivity index (χ3v) is 6.24. The molecule has 1 saturated heterocycles. The summed E-state index contributed by atoms with van der Waals surface area (Å²) in [6, 6.07) is 4.70. The number of halogens is 3. The number of hydrogen-bond donors (Lipinski definition) is 1. The van der Waals surface area contributed by atoms with Gasteiger partial charge in [-0.1, -0.05) is 5.21 Å². The second-order valence-corrected chi connectivity index (χ2v) is 7.81. The number of aliphatic hydroxyl groups is 1. The van der Waals surface area contributed by atoms with Crippen molar-refractivity contribution in [3.8, 4) is 0 Å². The van der Waals surface area contributed by atoms with Gasteiger partial charge in [-0.25, -0.2) is 4.68 Å². The molecule has 0 unspecified atom stereocenters. The van der Waals surface area contributed by atoms with E-state index in [0.29, 0.717) is 50.0 Å². The van der Waals surface area contributed by atoms with Crippen LogP contribution in [0.2, 0.25) is 0 Å². The maximum atomic E-state index is 13.1. The van der Waals surface area contributed by atoms with E-state index in [9.17, 15) is 23.1 Å². The smallest absolute Gasteiger partial charge is 0.384 e. The lowest BCUT2D eigenvalue weighted by Crippen LogP contribution is -2.43. The van der Waals surface area contributed by atoms with Gasteiger partial charge in [0, 0.05) is 19.3 Å². The quantitative estimate of drug-likeness (QED) is 0.850. The number of benzene rings is 1. The number of rotatable bonds is 2. The number of amides is 1. The highest BCUT2D eigenvalue weighted by molar-refractivity contribution is 6.00. The second-order valence-electron chi connectivity index (χ2n) is 7.81. The van der Waals surface area contributed by atoms with E-state index in [0.717, 1.165) is 12.1 Å². The molecule has 1 aliphatic heterocycles. The lowest BCUT2D eigenvalue weighted by molar-refractivity contribution is -0.137. The number of aryl methyl sites for hydroxylation is 1. The van der Waals surface area contributed by atoms with Crippen molar-refractivity contribution in [1.29, 1.82) is 0 Å². The Balaban J connectivity index is 1.50. The Morgan fingerprint density at radius 1 is 1.07 bits per heavy atom. The van der Waals surface area contributed by atoms with Crippen LogP contribution in [0, 0.1) is 5.41 Å². The standard InChI is InChI=1S/C19H21F3N4O2/c1-25-15(12-23-24-25)18(28)8-6-17(7-9-18)10-11-26(16(17)27)14-4-2-13(3-5-14)19(20,21)22/h2-5,12,28H,6-11H2,1H3/t17-,18+. The van der Waals surface area contributed by atoms with E-state index in [2.05, 4.69) is 10.3 Å². The average molecular weight is 394 g/mol. The van der Waals surface area contributed by atoms with Crippen LogP contribution >= 0.6 is 0 Å². The highest BCUT2D eigenvalue weighted by Crippen LogP contribution is 2.51. The monoisotopic (exact) mass is 394 g/mol. The first-order valence-electron chi connectivity index (χ1n) is 9.21. The van der Waals surface area contributed by atoms with Crippen LogP contribution < -0.4 is 4.90 Å². The van der Waals surface area contributed by atoms with Crippen molar-refractivity contribution in [2.45, 2.75) is 43.9 Å². The minimum absolute atomic E-state index is 0.0718. The van der Waals surface area contributed by atoms with Gasteiger partial charge in [-0.15, -0.1) is 5.10 Å². The van der Waals surface area contributed by atoms with Gasteiger partial charge < -0.3 is 10.0 Å². The summed E-state index contributed by atoms with van der Waals surface area (Å²) in [5.74, 6) is -0.0718. The Labute approximate surface area is 159 Å². The van der Waals surface area contributed by atoms with E-state index < -0.39 is 22.8 Å². The fraction of sp³-hybridized carbons (Fsp3) is 0.526. The van der Waals surface area contributed by atoms with Crippen molar-refractivity contribution in [2.24, 2.45) is 12.5 Å². The van der Waals surface area contributed by atoms with Crippen molar-refractivity contribution in [1.82, 2.24) is 15.0 Å². The average Bonchev–Trinajstić information content (AvgIpc) is 3.22. The second kappa shape index (κ2) is 6.30. The minimum atomic E-state index is -4.40. The molecule has 28 heavy (non-hydrogen) atoms. The number of alkyl halides is 3. The maximum absolute atomic E-state index is 13.1. The lowest BCUT2D eigenvalue weighted by Gasteiger charge is -2.40. The van der Waals surface area contributed by atoms with Gasteiger partial charge in [0.25, 0.3) is 0 Å². The van der Waals surface area contributed by atoms with Gasteiger partial charge in [0.2, 0.25) is 5.91 Å². The largest absolute Gasteiger partial charge is 0.416 e. The van der Waals surface area contributed by atoms with Crippen molar-refractivity contribution in [2.75, 3.05) is 11.4 Å².